The third-order valence-corrected chi connectivity index (χ3v) is 5.45. The standard InChI is InChI=1S/C19H16N4O3S/c1-13-10-15-8-5-9-16(18(15)20-11-13)27(24,25)21-12-17-22-19(23-26-17)14-6-3-2-4-7-14/h2-11,21H,12H2,1H3. The Morgan fingerprint density at radius 2 is 1.89 bits per heavy atom. The van der Waals surface area contributed by atoms with Gasteiger partial charge in [0, 0.05) is 17.1 Å². The van der Waals surface area contributed by atoms with Crippen LogP contribution < -0.4 is 4.72 Å². The summed E-state index contributed by atoms with van der Waals surface area (Å²) in [5, 5.41) is 4.65. The van der Waals surface area contributed by atoms with Crippen molar-refractivity contribution in [2.24, 2.45) is 0 Å². The first-order valence-corrected chi connectivity index (χ1v) is 9.74. The first kappa shape index (κ1) is 17.3. The Balaban J connectivity index is 1.57. The lowest BCUT2D eigenvalue weighted by atomic mass is 10.2. The predicted molar refractivity (Wildman–Crippen MR) is 100 cm³/mol. The first-order chi connectivity index (χ1) is 13.0. The van der Waals surface area contributed by atoms with Gasteiger partial charge in [-0.05, 0) is 24.6 Å². The summed E-state index contributed by atoms with van der Waals surface area (Å²) in [5.41, 5.74) is 2.18. The van der Waals surface area contributed by atoms with Crippen LogP contribution in [0.1, 0.15) is 11.5 Å². The molecule has 0 fully saturated rings. The Morgan fingerprint density at radius 3 is 2.70 bits per heavy atom. The maximum atomic E-state index is 12.7. The summed E-state index contributed by atoms with van der Waals surface area (Å²) in [6, 6.07) is 16.3. The highest BCUT2D eigenvalue weighted by molar-refractivity contribution is 7.89. The van der Waals surface area contributed by atoms with E-state index < -0.39 is 10.0 Å². The smallest absolute Gasteiger partial charge is 0.243 e. The molecule has 27 heavy (non-hydrogen) atoms. The third-order valence-electron chi connectivity index (χ3n) is 4.01. The number of aromatic nitrogens is 3. The summed E-state index contributed by atoms with van der Waals surface area (Å²) in [6.07, 6.45) is 1.64. The van der Waals surface area contributed by atoms with Gasteiger partial charge in [-0.15, -0.1) is 0 Å². The molecule has 0 saturated carbocycles. The molecule has 8 heteroatoms. The molecule has 0 aliphatic rings. The fraction of sp³-hybridized carbons (Fsp3) is 0.105. The van der Waals surface area contributed by atoms with Crippen molar-refractivity contribution in [2.45, 2.75) is 18.4 Å². The van der Waals surface area contributed by atoms with E-state index in [2.05, 4.69) is 19.8 Å². The highest BCUT2D eigenvalue weighted by Crippen LogP contribution is 2.22. The van der Waals surface area contributed by atoms with Gasteiger partial charge in [0.1, 0.15) is 4.90 Å². The van der Waals surface area contributed by atoms with Crippen LogP contribution in [0.4, 0.5) is 0 Å². The summed E-state index contributed by atoms with van der Waals surface area (Å²) < 4.78 is 33.1. The molecule has 2 heterocycles. The van der Waals surface area contributed by atoms with Crippen LogP contribution >= 0.6 is 0 Å². The SMILES string of the molecule is Cc1cnc2c(S(=O)(=O)NCc3nc(-c4ccccc4)no3)cccc2c1. The van der Waals surface area contributed by atoms with Gasteiger partial charge in [0.05, 0.1) is 12.1 Å². The van der Waals surface area contributed by atoms with Gasteiger partial charge in [-0.1, -0.05) is 47.6 Å². The highest BCUT2D eigenvalue weighted by atomic mass is 32.2. The highest BCUT2D eigenvalue weighted by Gasteiger charge is 2.19. The number of nitrogens with zero attached hydrogens (tertiary/aromatic N) is 3. The predicted octanol–water partition coefficient (Wildman–Crippen LogP) is 3.07. The van der Waals surface area contributed by atoms with Gasteiger partial charge in [-0.3, -0.25) is 4.98 Å². The van der Waals surface area contributed by atoms with Crippen molar-refractivity contribution < 1.29 is 12.9 Å². The Hall–Kier alpha value is -3.10. The van der Waals surface area contributed by atoms with Gasteiger partial charge in [-0.2, -0.15) is 4.98 Å². The van der Waals surface area contributed by atoms with Crippen LogP contribution in [0.15, 0.2) is 70.2 Å². The number of benzene rings is 2. The molecule has 7 nitrogen and oxygen atoms in total. The molecule has 4 rings (SSSR count). The Bertz CT molecular complexity index is 1200. The van der Waals surface area contributed by atoms with E-state index >= 15 is 0 Å². The van der Waals surface area contributed by atoms with E-state index in [0.29, 0.717) is 11.3 Å². The minimum Gasteiger partial charge on any atom is -0.338 e. The van der Waals surface area contributed by atoms with Crippen molar-refractivity contribution in [2.75, 3.05) is 0 Å². The van der Waals surface area contributed by atoms with E-state index in [1.165, 1.54) is 6.07 Å². The number of nitrogens with one attached hydrogen (secondary N) is 1. The molecule has 2 aromatic carbocycles. The minimum absolute atomic E-state index is 0.107. The first-order valence-electron chi connectivity index (χ1n) is 8.26. The van der Waals surface area contributed by atoms with E-state index in [1.54, 1.807) is 12.3 Å². The molecule has 0 bridgehead atoms. The van der Waals surface area contributed by atoms with Gasteiger partial charge in [0.25, 0.3) is 0 Å². The zero-order valence-corrected chi connectivity index (χ0v) is 15.3. The molecule has 0 aliphatic heterocycles. The van der Waals surface area contributed by atoms with Gasteiger partial charge < -0.3 is 4.52 Å². The second-order valence-corrected chi connectivity index (χ2v) is 7.78. The number of para-hydroxylation sites is 1. The van der Waals surface area contributed by atoms with Crippen LogP contribution in [0.2, 0.25) is 0 Å². The number of hydrogen-bond acceptors (Lipinski definition) is 6. The quantitative estimate of drug-likeness (QED) is 0.571. The van der Waals surface area contributed by atoms with E-state index in [1.807, 2.05) is 49.4 Å². The lowest BCUT2D eigenvalue weighted by molar-refractivity contribution is 0.376. The molecule has 2 aromatic heterocycles. The lowest BCUT2D eigenvalue weighted by Gasteiger charge is -2.08. The number of rotatable bonds is 5. The van der Waals surface area contributed by atoms with Crippen molar-refractivity contribution in [1.29, 1.82) is 0 Å². The van der Waals surface area contributed by atoms with Gasteiger partial charge >= 0.3 is 0 Å². The van der Waals surface area contributed by atoms with Crippen molar-refractivity contribution >= 4 is 20.9 Å². The lowest BCUT2D eigenvalue weighted by Crippen LogP contribution is -2.23. The number of sulfonamides is 1. The Kier molecular flexibility index (Phi) is 4.43. The molecule has 0 radical (unpaired) electrons. The zero-order valence-electron chi connectivity index (χ0n) is 14.5. The number of hydrogen-bond donors (Lipinski definition) is 1. The molecule has 136 valence electrons. The van der Waals surface area contributed by atoms with Crippen LogP contribution in [0.5, 0.6) is 0 Å². The normalized spacial score (nSPS) is 11.7. The van der Waals surface area contributed by atoms with Crippen molar-refractivity contribution in [3.8, 4) is 11.4 Å². The molecule has 0 saturated heterocycles. The van der Waals surface area contributed by atoms with E-state index in [-0.39, 0.29) is 17.3 Å². The van der Waals surface area contributed by atoms with E-state index in [4.69, 9.17) is 4.52 Å². The van der Waals surface area contributed by atoms with E-state index in [9.17, 15) is 8.42 Å². The molecular weight excluding hydrogens is 364 g/mol. The molecule has 0 spiro atoms. The second-order valence-electron chi connectivity index (χ2n) is 6.04. The number of fused-ring (bicyclic) bond motifs is 1. The van der Waals surface area contributed by atoms with E-state index in [0.717, 1.165) is 16.5 Å². The minimum atomic E-state index is -3.79. The fourth-order valence-electron chi connectivity index (χ4n) is 2.73. The molecule has 0 unspecified atom stereocenters. The van der Waals surface area contributed by atoms with Crippen molar-refractivity contribution in [3.63, 3.8) is 0 Å². The van der Waals surface area contributed by atoms with Crippen molar-refractivity contribution in [3.05, 3.63) is 72.2 Å². The monoisotopic (exact) mass is 380 g/mol. The topological polar surface area (TPSA) is 98.0 Å². The van der Waals surface area contributed by atoms with Gasteiger partial charge in [0.15, 0.2) is 0 Å². The third kappa shape index (κ3) is 3.57. The number of aryl methyl sites for hydroxylation is 1. The van der Waals surface area contributed by atoms with Crippen molar-refractivity contribution in [1.82, 2.24) is 19.8 Å². The maximum absolute atomic E-state index is 12.7. The molecular formula is C19H16N4O3S. The van der Waals surface area contributed by atoms with Crippen LogP contribution in [0.3, 0.4) is 0 Å². The molecule has 4 aromatic rings. The van der Waals surface area contributed by atoms with Crippen LogP contribution in [0.25, 0.3) is 22.3 Å². The summed E-state index contributed by atoms with van der Waals surface area (Å²) in [7, 11) is -3.79. The second kappa shape index (κ2) is 6.90. The summed E-state index contributed by atoms with van der Waals surface area (Å²) in [6.45, 7) is 1.80. The zero-order chi connectivity index (χ0) is 18.9. The molecule has 0 atom stereocenters. The summed E-state index contributed by atoms with van der Waals surface area (Å²) in [4.78, 5) is 8.62. The average molecular weight is 380 g/mol. The molecule has 0 aliphatic carbocycles. The van der Waals surface area contributed by atoms with Crippen LogP contribution in [0, 0.1) is 6.92 Å². The Labute approximate surface area is 156 Å². The Morgan fingerprint density at radius 1 is 1.07 bits per heavy atom. The summed E-state index contributed by atoms with van der Waals surface area (Å²) in [5.74, 6) is 0.591. The van der Waals surface area contributed by atoms with Crippen LogP contribution in [-0.4, -0.2) is 23.5 Å². The largest absolute Gasteiger partial charge is 0.338 e. The maximum Gasteiger partial charge on any atom is 0.243 e. The van der Waals surface area contributed by atoms with Gasteiger partial charge in [-0.25, -0.2) is 13.1 Å². The van der Waals surface area contributed by atoms with Crippen LogP contribution in [-0.2, 0) is 16.6 Å². The number of pyridine rings is 1. The average Bonchev–Trinajstić information content (AvgIpc) is 3.16. The molecule has 1 N–H and O–H groups in total. The van der Waals surface area contributed by atoms with Gasteiger partial charge in [0.2, 0.25) is 21.7 Å². The molecule has 0 amide bonds. The summed E-state index contributed by atoms with van der Waals surface area (Å²) >= 11 is 0. The fourth-order valence-corrected chi connectivity index (χ4v) is 3.88.